The van der Waals surface area contributed by atoms with Crippen molar-refractivity contribution in [3.8, 4) is 0 Å². The highest BCUT2D eigenvalue weighted by Gasteiger charge is 2.36. The number of ketones is 1. The Bertz CT molecular complexity index is 176. The topological polar surface area (TPSA) is 17.1 Å². The van der Waals surface area contributed by atoms with Crippen molar-refractivity contribution in [2.24, 2.45) is 5.41 Å². The summed E-state index contributed by atoms with van der Waals surface area (Å²) in [4.78, 5) is 11.4. The maximum atomic E-state index is 11.4. The Hall–Kier alpha value is -0.330. The zero-order valence-electron chi connectivity index (χ0n) is 9.77. The van der Waals surface area contributed by atoms with Crippen LogP contribution in [0.25, 0.3) is 0 Å². The first-order valence-corrected chi connectivity index (χ1v) is 6.24. The van der Waals surface area contributed by atoms with E-state index in [1.165, 1.54) is 44.9 Å². The molecular formula is C13H24O. The molecule has 0 saturated heterocycles. The van der Waals surface area contributed by atoms with Crippen LogP contribution in [0.1, 0.15) is 71.6 Å². The molecule has 1 saturated carbocycles. The van der Waals surface area contributed by atoms with Gasteiger partial charge in [-0.25, -0.2) is 0 Å². The molecule has 0 unspecified atom stereocenters. The minimum Gasteiger partial charge on any atom is -0.300 e. The average molecular weight is 196 g/mol. The van der Waals surface area contributed by atoms with Gasteiger partial charge in [0.05, 0.1) is 0 Å². The maximum absolute atomic E-state index is 11.4. The van der Waals surface area contributed by atoms with Crippen molar-refractivity contribution < 1.29 is 4.79 Å². The number of rotatable bonds is 6. The van der Waals surface area contributed by atoms with Gasteiger partial charge in [-0.15, -0.1) is 0 Å². The summed E-state index contributed by atoms with van der Waals surface area (Å²) >= 11 is 0. The molecule has 0 heterocycles. The van der Waals surface area contributed by atoms with Crippen molar-refractivity contribution in [3.05, 3.63) is 0 Å². The molecule has 1 fully saturated rings. The molecule has 0 N–H and O–H groups in total. The Morgan fingerprint density at radius 3 is 2.07 bits per heavy atom. The summed E-state index contributed by atoms with van der Waals surface area (Å²) in [7, 11) is 0. The van der Waals surface area contributed by atoms with Crippen LogP contribution in [0.5, 0.6) is 0 Å². The van der Waals surface area contributed by atoms with E-state index in [1.807, 2.05) is 0 Å². The summed E-state index contributed by atoms with van der Waals surface area (Å²) in [6.07, 6.45) is 10.6. The van der Waals surface area contributed by atoms with Crippen LogP contribution >= 0.6 is 0 Å². The second-order valence-electron chi connectivity index (χ2n) is 4.92. The molecule has 0 aliphatic heterocycles. The molecule has 0 amide bonds. The zero-order chi connectivity index (χ0) is 10.4. The number of Topliss-reactive ketones (excluding diaryl/α,β-unsaturated/α-hetero) is 1. The van der Waals surface area contributed by atoms with Gasteiger partial charge in [0.15, 0.2) is 0 Å². The first-order valence-electron chi connectivity index (χ1n) is 6.24. The van der Waals surface area contributed by atoms with Gasteiger partial charge in [0, 0.05) is 12.8 Å². The molecule has 82 valence electrons. The van der Waals surface area contributed by atoms with Crippen molar-refractivity contribution >= 4 is 5.78 Å². The molecule has 0 bridgehead atoms. The van der Waals surface area contributed by atoms with Gasteiger partial charge in [0.25, 0.3) is 0 Å². The third kappa shape index (κ3) is 3.11. The van der Waals surface area contributed by atoms with Crippen LogP contribution in [-0.2, 0) is 4.79 Å². The number of unbranched alkanes of at least 4 members (excludes halogenated alkanes) is 2. The number of hydrogen-bond acceptors (Lipinski definition) is 1. The van der Waals surface area contributed by atoms with Crippen LogP contribution in [-0.4, -0.2) is 5.78 Å². The fourth-order valence-corrected chi connectivity index (χ4v) is 2.65. The molecule has 1 heteroatoms. The smallest absolute Gasteiger partial charge is 0.133 e. The third-order valence-corrected chi connectivity index (χ3v) is 3.63. The normalized spacial score (nSPS) is 20.3. The van der Waals surface area contributed by atoms with Gasteiger partial charge in [-0.05, 0) is 24.7 Å². The minimum atomic E-state index is 0.420. The van der Waals surface area contributed by atoms with Crippen LogP contribution in [0.3, 0.4) is 0 Å². The lowest BCUT2D eigenvalue weighted by atomic mass is 9.77. The van der Waals surface area contributed by atoms with Crippen molar-refractivity contribution in [1.82, 2.24) is 0 Å². The zero-order valence-corrected chi connectivity index (χ0v) is 9.77. The van der Waals surface area contributed by atoms with E-state index in [2.05, 4.69) is 13.8 Å². The number of hydrogen-bond donors (Lipinski definition) is 0. The molecule has 14 heavy (non-hydrogen) atoms. The molecule has 0 aromatic carbocycles. The summed E-state index contributed by atoms with van der Waals surface area (Å²) in [6.45, 7) is 4.48. The predicted molar refractivity (Wildman–Crippen MR) is 60.3 cm³/mol. The number of carbonyl (C=O) groups is 1. The van der Waals surface area contributed by atoms with Gasteiger partial charge in [-0.1, -0.05) is 39.5 Å². The third-order valence-electron chi connectivity index (χ3n) is 3.63. The lowest BCUT2D eigenvalue weighted by Crippen LogP contribution is -2.17. The van der Waals surface area contributed by atoms with Crippen molar-refractivity contribution in [2.75, 3.05) is 0 Å². The SMILES string of the molecule is CCCCC1(CCCC)CCC(=O)C1. The average Bonchev–Trinajstić information content (AvgIpc) is 2.55. The van der Waals surface area contributed by atoms with E-state index < -0.39 is 0 Å². The fourth-order valence-electron chi connectivity index (χ4n) is 2.65. The minimum absolute atomic E-state index is 0.420. The summed E-state index contributed by atoms with van der Waals surface area (Å²) in [5.74, 6) is 0.511. The second kappa shape index (κ2) is 5.53. The van der Waals surface area contributed by atoms with E-state index in [9.17, 15) is 4.79 Å². The highest BCUT2D eigenvalue weighted by Crippen LogP contribution is 2.44. The largest absolute Gasteiger partial charge is 0.300 e. The van der Waals surface area contributed by atoms with E-state index in [-0.39, 0.29) is 0 Å². The van der Waals surface area contributed by atoms with Crippen LogP contribution < -0.4 is 0 Å². The van der Waals surface area contributed by atoms with E-state index >= 15 is 0 Å². The Balaban J connectivity index is 2.46. The molecule has 0 atom stereocenters. The summed E-state index contributed by atoms with van der Waals surface area (Å²) in [5, 5.41) is 0. The Morgan fingerprint density at radius 1 is 1.14 bits per heavy atom. The van der Waals surface area contributed by atoms with Crippen LogP contribution in [0.15, 0.2) is 0 Å². The van der Waals surface area contributed by atoms with Gasteiger partial charge in [-0.2, -0.15) is 0 Å². The van der Waals surface area contributed by atoms with E-state index in [1.54, 1.807) is 0 Å². The lowest BCUT2D eigenvalue weighted by Gasteiger charge is -2.28. The molecule has 1 aliphatic rings. The molecule has 0 aromatic rings. The summed E-state index contributed by atoms with van der Waals surface area (Å²) in [6, 6.07) is 0. The Morgan fingerprint density at radius 2 is 1.71 bits per heavy atom. The van der Waals surface area contributed by atoms with Crippen molar-refractivity contribution in [2.45, 2.75) is 71.6 Å². The van der Waals surface area contributed by atoms with E-state index in [0.29, 0.717) is 11.2 Å². The maximum Gasteiger partial charge on any atom is 0.133 e. The predicted octanol–water partition coefficient (Wildman–Crippen LogP) is 4.11. The van der Waals surface area contributed by atoms with Gasteiger partial charge in [-0.3, -0.25) is 4.79 Å². The molecule has 1 aliphatic carbocycles. The Labute approximate surface area is 88.3 Å². The van der Waals surface area contributed by atoms with Crippen LogP contribution in [0, 0.1) is 5.41 Å². The standard InChI is InChI=1S/C13H24O/c1-3-5-8-13(9-6-4-2)10-7-12(14)11-13/h3-11H2,1-2H3. The van der Waals surface area contributed by atoms with Gasteiger partial charge in [0.1, 0.15) is 5.78 Å². The van der Waals surface area contributed by atoms with Gasteiger partial charge >= 0.3 is 0 Å². The molecule has 1 nitrogen and oxygen atoms in total. The fraction of sp³-hybridized carbons (Fsp3) is 0.923. The first-order chi connectivity index (χ1) is 6.72. The molecular weight excluding hydrogens is 172 g/mol. The molecule has 1 rings (SSSR count). The van der Waals surface area contributed by atoms with E-state index in [4.69, 9.17) is 0 Å². The molecule has 0 aromatic heterocycles. The van der Waals surface area contributed by atoms with Crippen molar-refractivity contribution in [3.63, 3.8) is 0 Å². The van der Waals surface area contributed by atoms with Gasteiger partial charge < -0.3 is 0 Å². The Kier molecular flexibility index (Phi) is 4.64. The highest BCUT2D eigenvalue weighted by atomic mass is 16.1. The lowest BCUT2D eigenvalue weighted by molar-refractivity contribution is -0.118. The highest BCUT2D eigenvalue weighted by molar-refractivity contribution is 5.81. The van der Waals surface area contributed by atoms with Gasteiger partial charge in [0.2, 0.25) is 0 Å². The second-order valence-corrected chi connectivity index (χ2v) is 4.92. The van der Waals surface area contributed by atoms with Crippen LogP contribution in [0.2, 0.25) is 0 Å². The number of carbonyl (C=O) groups excluding carboxylic acids is 1. The summed E-state index contributed by atoms with van der Waals surface area (Å²) < 4.78 is 0. The molecule has 0 spiro atoms. The van der Waals surface area contributed by atoms with Crippen LogP contribution in [0.4, 0.5) is 0 Å². The van der Waals surface area contributed by atoms with Crippen molar-refractivity contribution in [1.29, 1.82) is 0 Å². The summed E-state index contributed by atoms with van der Waals surface area (Å²) in [5.41, 5.74) is 0.420. The molecule has 0 radical (unpaired) electrons. The monoisotopic (exact) mass is 196 g/mol. The quantitative estimate of drug-likeness (QED) is 0.625. The van der Waals surface area contributed by atoms with E-state index in [0.717, 1.165) is 12.8 Å². The first kappa shape index (κ1) is 11.7.